The second-order valence-corrected chi connectivity index (χ2v) is 5.04. The lowest BCUT2D eigenvalue weighted by molar-refractivity contribution is -0.150. The fraction of sp³-hybridized carbons (Fsp3) is 0.294. The SMILES string of the molecule is C=C(C)C(=O)OCCOC(=O)CCC(=O)Nc1ccccc1C(=O)O. The molecule has 0 aliphatic heterocycles. The van der Waals surface area contributed by atoms with Gasteiger partial charge in [0, 0.05) is 12.0 Å². The quantitative estimate of drug-likeness (QED) is 0.396. The molecule has 0 bridgehead atoms. The van der Waals surface area contributed by atoms with E-state index in [1.54, 1.807) is 6.07 Å². The highest BCUT2D eigenvalue weighted by atomic mass is 16.6. The number of hydrogen-bond acceptors (Lipinski definition) is 6. The zero-order chi connectivity index (χ0) is 18.8. The summed E-state index contributed by atoms with van der Waals surface area (Å²) in [7, 11) is 0. The van der Waals surface area contributed by atoms with Crippen LogP contribution in [0.3, 0.4) is 0 Å². The molecule has 25 heavy (non-hydrogen) atoms. The zero-order valence-corrected chi connectivity index (χ0v) is 13.7. The molecule has 0 fully saturated rings. The molecule has 1 aromatic carbocycles. The van der Waals surface area contributed by atoms with Gasteiger partial charge < -0.3 is 19.9 Å². The topological polar surface area (TPSA) is 119 Å². The molecule has 8 nitrogen and oxygen atoms in total. The van der Waals surface area contributed by atoms with Crippen molar-refractivity contribution < 1.29 is 33.8 Å². The Hall–Kier alpha value is -3.16. The van der Waals surface area contributed by atoms with Gasteiger partial charge in [-0.15, -0.1) is 0 Å². The number of carboxylic acid groups (broad SMARTS) is 1. The summed E-state index contributed by atoms with van der Waals surface area (Å²) < 4.78 is 9.56. The number of carbonyl (C=O) groups excluding carboxylic acids is 3. The summed E-state index contributed by atoms with van der Waals surface area (Å²) in [5, 5.41) is 11.5. The zero-order valence-electron chi connectivity index (χ0n) is 13.7. The first-order chi connectivity index (χ1) is 11.8. The van der Waals surface area contributed by atoms with Crippen molar-refractivity contribution in [3.63, 3.8) is 0 Å². The van der Waals surface area contributed by atoms with Gasteiger partial charge in [-0.3, -0.25) is 9.59 Å². The smallest absolute Gasteiger partial charge is 0.337 e. The monoisotopic (exact) mass is 349 g/mol. The third-order valence-electron chi connectivity index (χ3n) is 2.92. The molecule has 0 atom stereocenters. The normalized spacial score (nSPS) is 9.80. The van der Waals surface area contributed by atoms with Crippen LogP contribution in [0.1, 0.15) is 30.1 Å². The maximum absolute atomic E-state index is 11.8. The fourth-order valence-corrected chi connectivity index (χ4v) is 1.69. The molecule has 8 heteroatoms. The number of amides is 1. The number of para-hydroxylation sites is 1. The highest BCUT2D eigenvalue weighted by Gasteiger charge is 2.13. The van der Waals surface area contributed by atoms with E-state index in [1.807, 2.05) is 0 Å². The lowest BCUT2D eigenvalue weighted by atomic mass is 10.1. The van der Waals surface area contributed by atoms with Gasteiger partial charge in [0.25, 0.3) is 0 Å². The minimum absolute atomic E-state index is 0.0437. The predicted molar refractivity (Wildman–Crippen MR) is 88.0 cm³/mol. The van der Waals surface area contributed by atoms with E-state index in [-0.39, 0.29) is 42.9 Å². The molecule has 134 valence electrons. The molecular weight excluding hydrogens is 330 g/mol. The van der Waals surface area contributed by atoms with Crippen molar-refractivity contribution in [2.24, 2.45) is 0 Å². The third-order valence-corrected chi connectivity index (χ3v) is 2.92. The molecule has 0 aliphatic rings. The summed E-state index contributed by atoms with van der Waals surface area (Å²) in [6.07, 6.45) is -0.353. The number of esters is 2. The van der Waals surface area contributed by atoms with Gasteiger partial charge in [-0.1, -0.05) is 18.7 Å². The first-order valence-corrected chi connectivity index (χ1v) is 7.41. The number of anilines is 1. The molecule has 1 aromatic rings. The number of benzene rings is 1. The Balaban J connectivity index is 2.32. The van der Waals surface area contributed by atoms with E-state index in [9.17, 15) is 19.2 Å². The van der Waals surface area contributed by atoms with Gasteiger partial charge in [-0.05, 0) is 19.1 Å². The summed E-state index contributed by atoms with van der Waals surface area (Å²) in [5.41, 5.74) is 0.350. The average Bonchev–Trinajstić information content (AvgIpc) is 2.56. The van der Waals surface area contributed by atoms with Crippen LogP contribution in [-0.2, 0) is 23.9 Å². The van der Waals surface area contributed by atoms with E-state index in [0.29, 0.717) is 0 Å². The molecule has 0 heterocycles. The summed E-state index contributed by atoms with van der Waals surface area (Å²) in [6, 6.07) is 5.94. The average molecular weight is 349 g/mol. The molecule has 0 radical (unpaired) electrons. The van der Waals surface area contributed by atoms with Crippen LogP contribution in [0.5, 0.6) is 0 Å². The van der Waals surface area contributed by atoms with E-state index >= 15 is 0 Å². The Labute approximate surface area is 144 Å². The van der Waals surface area contributed by atoms with Crippen LogP contribution in [0.25, 0.3) is 0 Å². The maximum atomic E-state index is 11.8. The second-order valence-electron chi connectivity index (χ2n) is 5.04. The van der Waals surface area contributed by atoms with Crippen molar-refractivity contribution in [3.05, 3.63) is 42.0 Å². The van der Waals surface area contributed by atoms with Crippen molar-refractivity contribution in [1.82, 2.24) is 0 Å². The Bertz CT molecular complexity index is 681. The molecular formula is C17H19NO7. The van der Waals surface area contributed by atoms with Gasteiger partial charge in [0.15, 0.2) is 0 Å². The van der Waals surface area contributed by atoms with Crippen molar-refractivity contribution in [3.8, 4) is 0 Å². The first kappa shape index (κ1) is 19.9. The van der Waals surface area contributed by atoms with Crippen LogP contribution < -0.4 is 5.32 Å². The van der Waals surface area contributed by atoms with E-state index < -0.39 is 23.8 Å². The standard InChI is InChI=1S/C17H19NO7/c1-11(2)17(23)25-10-9-24-15(20)8-7-14(19)18-13-6-4-3-5-12(13)16(21)22/h3-6H,1,7-10H2,2H3,(H,18,19)(H,21,22). The Morgan fingerprint density at radius 1 is 1.08 bits per heavy atom. The summed E-state index contributed by atoms with van der Waals surface area (Å²) in [5.74, 6) is -2.89. The van der Waals surface area contributed by atoms with E-state index in [2.05, 4.69) is 11.9 Å². The number of carboxylic acids is 1. The molecule has 1 amide bonds. The largest absolute Gasteiger partial charge is 0.478 e. The van der Waals surface area contributed by atoms with Crippen molar-refractivity contribution in [2.45, 2.75) is 19.8 Å². The minimum Gasteiger partial charge on any atom is -0.478 e. The van der Waals surface area contributed by atoms with Crippen molar-refractivity contribution in [1.29, 1.82) is 0 Å². The Kier molecular flexibility index (Phi) is 7.85. The highest BCUT2D eigenvalue weighted by molar-refractivity contribution is 6.00. The summed E-state index contributed by atoms with van der Waals surface area (Å²) >= 11 is 0. The third kappa shape index (κ3) is 7.30. The van der Waals surface area contributed by atoms with E-state index in [0.717, 1.165) is 0 Å². The lowest BCUT2D eigenvalue weighted by Crippen LogP contribution is -2.18. The van der Waals surface area contributed by atoms with Gasteiger partial charge in [0.1, 0.15) is 13.2 Å². The number of nitrogens with one attached hydrogen (secondary N) is 1. The van der Waals surface area contributed by atoms with Gasteiger partial charge in [0.05, 0.1) is 17.7 Å². The van der Waals surface area contributed by atoms with E-state index in [1.165, 1.54) is 25.1 Å². The Morgan fingerprint density at radius 2 is 1.72 bits per heavy atom. The number of aromatic carboxylic acids is 1. The molecule has 0 aromatic heterocycles. The second kappa shape index (κ2) is 9.86. The number of hydrogen-bond donors (Lipinski definition) is 2. The van der Waals surface area contributed by atoms with Gasteiger partial charge in [0.2, 0.25) is 5.91 Å². The van der Waals surface area contributed by atoms with Crippen LogP contribution >= 0.6 is 0 Å². The van der Waals surface area contributed by atoms with Gasteiger partial charge in [-0.2, -0.15) is 0 Å². The van der Waals surface area contributed by atoms with Crippen molar-refractivity contribution in [2.75, 3.05) is 18.5 Å². The molecule has 0 spiro atoms. The first-order valence-electron chi connectivity index (χ1n) is 7.41. The summed E-state index contributed by atoms with van der Waals surface area (Å²) in [4.78, 5) is 45.4. The van der Waals surface area contributed by atoms with Crippen LogP contribution in [0, 0.1) is 0 Å². The number of rotatable bonds is 9. The number of carbonyl (C=O) groups is 4. The van der Waals surface area contributed by atoms with Gasteiger partial charge in [-0.25, -0.2) is 9.59 Å². The predicted octanol–water partition coefficient (Wildman–Crippen LogP) is 1.77. The lowest BCUT2D eigenvalue weighted by Gasteiger charge is -2.08. The molecule has 0 saturated carbocycles. The van der Waals surface area contributed by atoms with Crippen LogP contribution in [0.4, 0.5) is 5.69 Å². The molecule has 0 aliphatic carbocycles. The van der Waals surface area contributed by atoms with Crippen molar-refractivity contribution >= 4 is 29.5 Å². The van der Waals surface area contributed by atoms with E-state index in [4.69, 9.17) is 14.6 Å². The van der Waals surface area contributed by atoms with Gasteiger partial charge >= 0.3 is 17.9 Å². The number of ether oxygens (including phenoxy) is 2. The molecule has 0 saturated heterocycles. The maximum Gasteiger partial charge on any atom is 0.337 e. The Morgan fingerprint density at radius 3 is 2.36 bits per heavy atom. The van der Waals surface area contributed by atoms with Crippen LogP contribution in [-0.4, -0.2) is 42.1 Å². The minimum atomic E-state index is -1.17. The highest BCUT2D eigenvalue weighted by Crippen LogP contribution is 2.15. The fourth-order valence-electron chi connectivity index (χ4n) is 1.69. The summed E-state index contributed by atoms with van der Waals surface area (Å²) in [6.45, 7) is 4.68. The molecule has 1 rings (SSSR count). The van der Waals surface area contributed by atoms with Crippen LogP contribution in [0.2, 0.25) is 0 Å². The molecule has 0 unspecified atom stereocenters. The molecule has 2 N–H and O–H groups in total. The van der Waals surface area contributed by atoms with Crippen LogP contribution in [0.15, 0.2) is 36.4 Å².